The molecule has 0 aromatic heterocycles. The Labute approximate surface area is 137 Å². The molecule has 108 valence electrons. The van der Waals surface area contributed by atoms with Crippen molar-refractivity contribution < 1.29 is 4.79 Å². The van der Waals surface area contributed by atoms with Crippen LogP contribution in [0.3, 0.4) is 0 Å². The first-order chi connectivity index (χ1) is 10.1. The summed E-state index contributed by atoms with van der Waals surface area (Å²) in [4.78, 5) is 12.3. The summed E-state index contributed by atoms with van der Waals surface area (Å²) in [6.45, 7) is 0. The highest BCUT2D eigenvalue weighted by atomic mass is 79.9. The second-order valence-corrected chi connectivity index (χ2v) is 6.75. The molecule has 3 rings (SSSR count). The third kappa shape index (κ3) is 3.30. The number of alkyl halides is 1. The minimum absolute atomic E-state index is 0.000420. The molecule has 0 saturated carbocycles. The summed E-state index contributed by atoms with van der Waals surface area (Å²) in [5.41, 5.74) is 3.35. The molecule has 0 fully saturated rings. The Morgan fingerprint density at radius 2 is 2.05 bits per heavy atom. The molecule has 0 radical (unpaired) electrons. The zero-order valence-corrected chi connectivity index (χ0v) is 13.7. The molecular weight excluding hydrogens is 350 g/mol. The van der Waals surface area contributed by atoms with Crippen molar-refractivity contribution in [1.82, 2.24) is 5.32 Å². The summed E-state index contributed by atoms with van der Waals surface area (Å²) in [5, 5.41) is 2.99. The Morgan fingerprint density at radius 1 is 1.24 bits per heavy atom. The van der Waals surface area contributed by atoms with Crippen LogP contribution >= 0.6 is 27.5 Å². The van der Waals surface area contributed by atoms with Crippen LogP contribution in [0.25, 0.3) is 0 Å². The quantitative estimate of drug-likeness (QED) is 0.819. The molecule has 1 amide bonds. The maximum atomic E-state index is 12.3. The third-order valence-electron chi connectivity index (χ3n) is 3.74. The molecule has 4 heteroatoms. The van der Waals surface area contributed by atoms with Gasteiger partial charge in [-0.05, 0) is 35.2 Å². The van der Waals surface area contributed by atoms with E-state index in [1.165, 1.54) is 5.56 Å². The van der Waals surface area contributed by atoms with Gasteiger partial charge in [-0.2, -0.15) is 0 Å². The second-order valence-electron chi connectivity index (χ2n) is 5.27. The topological polar surface area (TPSA) is 29.1 Å². The highest BCUT2D eigenvalue weighted by molar-refractivity contribution is 9.10. The molecular formula is C17H15BrClNO. The number of carbonyl (C=O) groups excluding carboxylic acids is 1. The zero-order chi connectivity index (χ0) is 14.8. The number of hydrogen-bond donors (Lipinski definition) is 1. The maximum absolute atomic E-state index is 12.3. The van der Waals surface area contributed by atoms with E-state index in [0.29, 0.717) is 6.42 Å². The van der Waals surface area contributed by atoms with E-state index in [1.54, 1.807) is 0 Å². The van der Waals surface area contributed by atoms with Gasteiger partial charge in [-0.3, -0.25) is 4.79 Å². The van der Waals surface area contributed by atoms with Gasteiger partial charge in [-0.15, -0.1) is 11.6 Å². The van der Waals surface area contributed by atoms with Crippen LogP contribution in [0.1, 0.15) is 22.7 Å². The summed E-state index contributed by atoms with van der Waals surface area (Å²) in [6, 6.07) is 15.8. The number of fused-ring (bicyclic) bond motifs is 1. The van der Waals surface area contributed by atoms with E-state index in [1.807, 2.05) is 42.5 Å². The normalized spacial score (nSPS) is 20.1. The fourth-order valence-corrected chi connectivity index (χ4v) is 3.58. The van der Waals surface area contributed by atoms with Gasteiger partial charge < -0.3 is 5.32 Å². The second kappa shape index (κ2) is 6.20. The van der Waals surface area contributed by atoms with E-state index >= 15 is 0 Å². The molecule has 1 aliphatic rings. The first-order valence-corrected chi connectivity index (χ1v) is 8.12. The first kappa shape index (κ1) is 14.6. The predicted molar refractivity (Wildman–Crippen MR) is 88.5 cm³/mol. The Morgan fingerprint density at radius 3 is 2.86 bits per heavy atom. The molecule has 2 unspecified atom stereocenters. The van der Waals surface area contributed by atoms with Crippen molar-refractivity contribution in [3.8, 4) is 0 Å². The fourth-order valence-electron chi connectivity index (χ4n) is 2.77. The van der Waals surface area contributed by atoms with Gasteiger partial charge in [0.15, 0.2) is 0 Å². The number of rotatable bonds is 3. The Bertz CT molecular complexity index is 673. The van der Waals surface area contributed by atoms with Crippen LogP contribution in [0.4, 0.5) is 0 Å². The van der Waals surface area contributed by atoms with Crippen LogP contribution in [0, 0.1) is 0 Å². The standard InChI is InChI=1S/C17H15BrClNO/c18-13-6-3-4-11(8-13)9-16(21)20-17-14-7-2-1-5-12(14)10-15(17)19/h1-8,15,17H,9-10H2,(H,20,21). The largest absolute Gasteiger partial charge is 0.347 e. The van der Waals surface area contributed by atoms with Crippen molar-refractivity contribution >= 4 is 33.4 Å². The van der Waals surface area contributed by atoms with Gasteiger partial charge in [0.25, 0.3) is 0 Å². The van der Waals surface area contributed by atoms with Crippen LogP contribution < -0.4 is 5.32 Å². The predicted octanol–water partition coefficient (Wildman–Crippen LogP) is 4.01. The van der Waals surface area contributed by atoms with Gasteiger partial charge in [0, 0.05) is 4.47 Å². The molecule has 0 heterocycles. The van der Waals surface area contributed by atoms with Gasteiger partial charge in [0.1, 0.15) is 0 Å². The lowest BCUT2D eigenvalue weighted by Crippen LogP contribution is -2.32. The summed E-state index contributed by atoms with van der Waals surface area (Å²) in [6.07, 6.45) is 1.17. The van der Waals surface area contributed by atoms with Crippen molar-refractivity contribution in [2.45, 2.75) is 24.3 Å². The van der Waals surface area contributed by atoms with Crippen LogP contribution in [-0.4, -0.2) is 11.3 Å². The molecule has 2 aromatic carbocycles. The maximum Gasteiger partial charge on any atom is 0.224 e. The summed E-state index contributed by atoms with van der Waals surface area (Å²) < 4.78 is 0.981. The molecule has 2 nitrogen and oxygen atoms in total. The minimum atomic E-state index is -0.0949. The minimum Gasteiger partial charge on any atom is -0.347 e. The summed E-state index contributed by atoms with van der Waals surface area (Å²) in [5.74, 6) is 0.000420. The summed E-state index contributed by atoms with van der Waals surface area (Å²) in [7, 11) is 0. The molecule has 0 spiro atoms. The number of halogens is 2. The molecule has 1 aliphatic carbocycles. The van der Waals surface area contributed by atoms with Gasteiger partial charge in [0.2, 0.25) is 5.91 Å². The van der Waals surface area contributed by atoms with Crippen molar-refractivity contribution in [2.75, 3.05) is 0 Å². The van der Waals surface area contributed by atoms with Crippen molar-refractivity contribution in [3.63, 3.8) is 0 Å². The van der Waals surface area contributed by atoms with Crippen molar-refractivity contribution in [2.24, 2.45) is 0 Å². The molecule has 0 aliphatic heterocycles. The average Bonchev–Trinajstić information content (AvgIpc) is 2.75. The number of amides is 1. The summed E-state index contributed by atoms with van der Waals surface area (Å²) >= 11 is 9.81. The average molecular weight is 365 g/mol. The molecule has 1 N–H and O–H groups in total. The van der Waals surface area contributed by atoms with E-state index < -0.39 is 0 Å². The van der Waals surface area contributed by atoms with Crippen LogP contribution in [0.15, 0.2) is 53.0 Å². The molecule has 21 heavy (non-hydrogen) atoms. The Kier molecular flexibility index (Phi) is 4.32. The van der Waals surface area contributed by atoms with E-state index in [4.69, 9.17) is 11.6 Å². The highest BCUT2D eigenvalue weighted by Gasteiger charge is 2.31. The van der Waals surface area contributed by atoms with E-state index in [2.05, 4.69) is 27.3 Å². The number of carbonyl (C=O) groups is 1. The van der Waals surface area contributed by atoms with Crippen LogP contribution in [-0.2, 0) is 17.6 Å². The van der Waals surface area contributed by atoms with Gasteiger partial charge in [-0.25, -0.2) is 0 Å². The Balaban J connectivity index is 1.70. The number of nitrogens with one attached hydrogen (secondary N) is 1. The van der Waals surface area contributed by atoms with E-state index in [0.717, 1.165) is 22.0 Å². The molecule has 2 atom stereocenters. The SMILES string of the molecule is O=C(Cc1cccc(Br)c1)NC1c2ccccc2CC1Cl. The molecule has 0 bridgehead atoms. The monoisotopic (exact) mass is 363 g/mol. The van der Waals surface area contributed by atoms with Crippen LogP contribution in [0.5, 0.6) is 0 Å². The lowest BCUT2D eigenvalue weighted by atomic mass is 10.1. The van der Waals surface area contributed by atoms with Gasteiger partial charge in [-0.1, -0.05) is 52.3 Å². The van der Waals surface area contributed by atoms with Crippen molar-refractivity contribution in [3.05, 3.63) is 69.7 Å². The highest BCUT2D eigenvalue weighted by Crippen LogP contribution is 2.34. The smallest absolute Gasteiger partial charge is 0.224 e. The lowest BCUT2D eigenvalue weighted by Gasteiger charge is -2.17. The van der Waals surface area contributed by atoms with Gasteiger partial charge in [0.05, 0.1) is 17.8 Å². The fraction of sp³-hybridized carbons (Fsp3) is 0.235. The van der Waals surface area contributed by atoms with Crippen LogP contribution in [0.2, 0.25) is 0 Å². The van der Waals surface area contributed by atoms with E-state index in [9.17, 15) is 4.79 Å². The van der Waals surface area contributed by atoms with E-state index in [-0.39, 0.29) is 17.3 Å². The Hall–Kier alpha value is -1.32. The lowest BCUT2D eigenvalue weighted by molar-refractivity contribution is -0.121. The van der Waals surface area contributed by atoms with Gasteiger partial charge >= 0.3 is 0 Å². The number of hydrogen-bond acceptors (Lipinski definition) is 1. The third-order valence-corrected chi connectivity index (χ3v) is 4.64. The molecule has 2 aromatic rings. The van der Waals surface area contributed by atoms with Crippen molar-refractivity contribution in [1.29, 1.82) is 0 Å². The molecule has 0 saturated heterocycles. The zero-order valence-electron chi connectivity index (χ0n) is 11.4. The first-order valence-electron chi connectivity index (χ1n) is 6.89. The number of benzene rings is 2.